The summed E-state index contributed by atoms with van der Waals surface area (Å²) in [5, 5.41) is 7.09. The molecule has 0 bridgehead atoms. The second-order valence-corrected chi connectivity index (χ2v) is 3.03. The second-order valence-electron chi connectivity index (χ2n) is 3.03. The largest absolute Gasteiger partial charge is 0.213 e. The predicted octanol–water partition coefficient (Wildman–Crippen LogP) is 3.24. The van der Waals surface area contributed by atoms with Crippen LogP contribution in [0.5, 0.6) is 0 Å². The van der Waals surface area contributed by atoms with Crippen molar-refractivity contribution in [3.05, 3.63) is 50.7 Å². The lowest BCUT2D eigenvalue weighted by Crippen LogP contribution is -2.21. The Hall–Kier alpha value is -2.03. The minimum atomic E-state index is -0.787. The van der Waals surface area contributed by atoms with E-state index < -0.39 is 5.54 Å². The fourth-order valence-corrected chi connectivity index (χ4v) is 1.18. The summed E-state index contributed by atoms with van der Waals surface area (Å²) >= 11 is 0. The fourth-order valence-electron chi connectivity index (χ4n) is 1.18. The van der Waals surface area contributed by atoms with Gasteiger partial charge < -0.3 is 0 Å². The van der Waals surface area contributed by atoms with E-state index in [-0.39, 0.29) is 6.54 Å². The molecule has 0 amide bonds. The van der Waals surface area contributed by atoms with Crippen LogP contribution < -0.4 is 0 Å². The van der Waals surface area contributed by atoms with E-state index in [0.717, 1.165) is 5.56 Å². The molecule has 0 spiro atoms. The van der Waals surface area contributed by atoms with E-state index in [1.807, 2.05) is 24.3 Å². The molecule has 0 aromatic heterocycles. The summed E-state index contributed by atoms with van der Waals surface area (Å²) in [7, 11) is 0. The smallest absolute Gasteiger partial charge is 0.0536 e. The third-order valence-corrected chi connectivity index (χ3v) is 1.99. The van der Waals surface area contributed by atoms with Gasteiger partial charge >= 0.3 is 0 Å². The van der Waals surface area contributed by atoms with Gasteiger partial charge in [-0.1, -0.05) is 17.2 Å². The van der Waals surface area contributed by atoms with Crippen LogP contribution in [-0.2, 0) is 5.54 Å². The van der Waals surface area contributed by atoms with Gasteiger partial charge in [0.2, 0.25) is 0 Å². The highest BCUT2D eigenvalue weighted by Crippen LogP contribution is 2.26. The Balaban J connectivity index is 3.04. The van der Waals surface area contributed by atoms with Crippen LogP contribution in [0.4, 0.5) is 0 Å². The zero-order chi connectivity index (χ0) is 10.4. The summed E-state index contributed by atoms with van der Waals surface area (Å²) in [6.07, 6.45) is 0. The highest BCUT2D eigenvalue weighted by atomic mass is 15.2. The summed E-state index contributed by atoms with van der Waals surface area (Å²) in [5.74, 6) is 0. The number of nitrogens with zero attached hydrogens (tertiary/aromatic N) is 6. The van der Waals surface area contributed by atoms with E-state index in [4.69, 9.17) is 11.1 Å². The first kappa shape index (κ1) is 10.1. The van der Waals surface area contributed by atoms with Crippen molar-refractivity contribution in [1.29, 1.82) is 0 Å². The molecule has 0 N–H and O–H groups in total. The van der Waals surface area contributed by atoms with Gasteiger partial charge in [-0.3, -0.25) is 0 Å². The second kappa shape index (κ2) is 4.28. The predicted molar refractivity (Wildman–Crippen MR) is 52.5 cm³/mol. The van der Waals surface area contributed by atoms with Crippen LogP contribution in [-0.4, -0.2) is 6.54 Å². The van der Waals surface area contributed by atoms with Gasteiger partial charge in [0, 0.05) is 16.4 Å². The minimum Gasteiger partial charge on any atom is -0.213 e. The molecule has 1 aromatic carbocycles. The summed E-state index contributed by atoms with van der Waals surface area (Å²) in [6.45, 7) is 1.86. The van der Waals surface area contributed by atoms with Gasteiger partial charge in [0.05, 0.1) is 5.54 Å². The number of rotatable bonds is 4. The molecule has 1 aromatic rings. The first-order valence-corrected chi connectivity index (χ1v) is 4.02. The normalized spacial score (nSPS) is 13.5. The lowest BCUT2D eigenvalue weighted by atomic mass is 9.96. The molecule has 0 aliphatic heterocycles. The maximum absolute atomic E-state index is 8.42. The van der Waals surface area contributed by atoms with E-state index >= 15 is 0 Å². The Morgan fingerprint density at radius 3 is 2.79 bits per heavy atom. The first-order valence-electron chi connectivity index (χ1n) is 4.02. The van der Waals surface area contributed by atoms with Crippen LogP contribution in [0.15, 0.2) is 34.5 Å². The summed E-state index contributed by atoms with van der Waals surface area (Å²) < 4.78 is 0. The van der Waals surface area contributed by atoms with E-state index in [0.29, 0.717) is 0 Å². The van der Waals surface area contributed by atoms with Crippen LogP contribution in [0.3, 0.4) is 0 Å². The number of hydrogen-bond acceptors (Lipinski definition) is 2. The molecule has 1 unspecified atom stereocenters. The molecule has 0 fully saturated rings. The van der Waals surface area contributed by atoms with Crippen molar-refractivity contribution in [2.24, 2.45) is 10.2 Å². The topological polar surface area (TPSA) is 97.5 Å². The molecule has 72 valence electrons. The molecule has 0 aliphatic carbocycles. The molecule has 0 radical (unpaired) electrons. The Morgan fingerprint density at radius 2 is 2.29 bits per heavy atom. The highest BCUT2D eigenvalue weighted by Gasteiger charge is 2.20. The highest BCUT2D eigenvalue weighted by molar-refractivity contribution is 5.25. The molecule has 1 atom stereocenters. The average Bonchev–Trinajstić information content (AvgIpc) is 2.68. The Morgan fingerprint density at radius 1 is 1.50 bits per heavy atom. The van der Waals surface area contributed by atoms with E-state index in [1.165, 1.54) is 0 Å². The number of azide groups is 2. The van der Waals surface area contributed by atoms with E-state index in [2.05, 4.69) is 20.1 Å². The van der Waals surface area contributed by atoms with Crippen molar-refractivity contribution >= 4 is 0 Å². The summed E-state index contributed by atoms with van der Waals surface area (Å²) in [5.41, 5.74) is 16.7. The van der Waals surface area contributed by atoms with Crippen molar-refractivity contribution in [3.63, 3.8) is 0 Å². The fraction of sp³-hybridized carbons (Fsp3) is 0.375. The third-order valence-electron chi connectivity index (χ3n) is 1.99. The molecule has 6 heteroatoms. The van der Waals surface area contributed by atoms with Crippen LogP contribution in [0.1, 0.15) is 12.5 Å². The van der Waals surface area contributed by atoms with Crippen molar-refractivity contribution in [3.8, 4) is 0 Å². The van der Waals surface area contributed by atoms with Gasteiger partial charge in [-0.15, -0.1) is 0 Å². The molecular weight excluding hydrogens is 180 g/mol. The molecule has 0 saturated carbocycles. The molecular formula is C8H9N6-. The van der Waals surface area contributed by atoms with Gasteiger partial charge in [0.25, 0.3) is 0 Å². The molecule has 14 heavy (non-hydrogen) atoms. The van der Waals surface area contributed by atoms with Gasteiger partial charge in [0.1, 0.15) is 0 Å². The molecule has 0 heterocycles. The number of hydrogen-bond donors (Lipinski definition) is 0. The van der Waals surface area contributed by atoms with E-state index in [9.17, 15) is 0 Å². The Labute approximate surface area is 80.8 Å². The summed E-state index contributed by atoms with van der Waals surface area (Å²) in [4.78, 5) is 5.41. The zero-order valence-electron chi connectivity index (χ0n) is 7.70. The van der Waals surface area contributed by atoms with Crippen molar-refractivity contribution in [2.75, 3.05) is 6.54 Å². The Kier molecular flexibility index (Phi) is 3.07. The molecule has 0 aliphatic rings. The lowest BCUT2D eigenvalue weighted by molar-refractivity contribution is 0.505. The van der Waals surface area contributed by atoms with Crippen LogP contribution in [0, 0.1) is 0 Å². The quantitative estimate of drug-likeness (QED) is 0.300. The molecule has 1 rings (SSSR count). The summed E-state index contributed by atoms with van der Waals surface area (Å²) in [6, 6.07) is 7.36. The van der Waals surface area contributed by atoms with Gasteiger partial charge in [-0.25, -0.2) is 12.1 Å². The zero-order valence-corrected chi connectivity index (χ0v) is 7.70. The van der Waals surface area contributed by atoms with Crippen LogP contribution in [0.25, 0.3) is 20.9 Å². The van der Waals surface area contributed by atoms with Crippen molar-refractivity contribution in [2.45, 2.75) is 12.5 Å². The Bertz CT molecular complexity index is 382. The van der Waals surface area contributed by atoms with Crippen molar-refractivity contribution in [1.82, 2.24) is 0 Å². The van der Waals surface area contributed by atoms with Crippen LogP contribution in [0.2, 0.25) is 0 Å². The molecule has 6 nitrogen and oxygen atoms in total. The maximum Gasteiger partial charge on any atom is 0.0536 e. The van der Waals surface area contributed by atoms with E-state index in [1.54, 1.807) is 6.92 Å². The van der Waals surface area contributed by atoms with Crippen LogP contribution >= 0.6 is 0 Å². The minimum absolute atomic E-state index is 0.123. The lowest BCUT2D eigenvalue weighted by Gasteiger charge is -2.24. The maximum atomic E-state index is 8.42. The molecule has 0 saturated heterocycles. The third kappa shape index (κ3) is 2.01. The van der Waals surface area contributed by atoms with Gasteiger partial charge in [-0.2, -0.15) is 17.7 Å². The van der Waals surface area contributed by atoms with Crippen molar-refractivity contribution < 1.29 is 0 Å². The SMILES string of the molecule is CC(CN=[N+]=[N-])(N=[N+]=[N-])c1ccc[cH-]1. The average molecular weight is 189 g/mol. The monoisotopic (exact) mass is 189 g/mol. The first-order chi connectivity index (χ1) is 6.73. The van der Waals surface area contributed by atoms with Gasteiger partial charge in [0.15, 0.2) is 0 Å². The standard InChI is InChI=1S/C8H9N6/c1-8(12-14-10,6-11-13-9)7-4-2-3-5-7/h2-5H,6H2,1H3/q-1. The van der Waals surface area contributed by atoms with Gasteiger partial charge in [-0.05, 0) is 11.1 Å².